The van der Waals surface area contributed by atoms with E-state index in [0.717, 1.165) is 21.8 Å². The summed E-state index contributed by atoms with van der Waals surface area (Å²) in [6.45, 7) is 0. The SMILES string of the molecule is CNC(=O)c1ccc(CSC(=S)Nc2nccs2)cc1-c1ccccc1. The molecule has 1 aromatic heterocycles. The zero-order valence-electron chi connectivity index (χ0n) is 14.1. The minimum atomic E-state index is -0.0935. The van der Waals surface area contributed by atoms with Crippen LogP contribution >= 0.6 is 35.3 Å². The smallest absolute Gasteiger partial charge is 0.251 e. The van der Waals surface area contributed by atoms with Crippen LogP contribution in [-0.4, -0.2) is 22.3 Å². The molecule has 1 amide bonds. The van der Waals surface area contributed by atoms with Gasteiger partial charge in [-0.2, -0.15) is 0 Å². The van der Waals surface area contributed by atoms with Gasteiger partial charge in [-0.05, 0) is 28.8 Å². The second kappa shape index (κ2) is 8.93. The fourth-order valence-corrected chi connectivity index (χ4v) is 4.01. The first-order chi connectivity index (χ1) is 12.7. The summed E-state index contributed by atoms with van der Waals surface area (Å²) in [6.07, 6.45) is 1.74. The summed E-state index contributed by atoms with van der Waals surface area (Å²) in [4.78, 5) is 16.4. The number of carbonyl (C=O) groups excluding carboxylic acids is 1. The lowest BCUT2D eigenvalue weighted by Crippen LogP contribution is -2.18. The van der Waals surface area contributed by atoms with Crippen molar-refractivity contribution in [2.24, 2.45) is 0 Å². The van der Waals surface area contributed by atoms with E-state index in [0.29, 0.717) is 15.6 Å². The van der Waals surface area contributed by atoms with E-state index in [9.17, 15) is 4.79 Å². The first kappa shape index (κ1) is 18.6. The molecule has 132 valence electrons. The number of carbonyl (C=O) groups is 1. The van der Waals surface area contributed by atoms with Crippen molar-refractivity contribution < 1.29 is 4.79 Å². The average molecular weight is 400 g/mol. The summed E-state index contributed by atoms with van der Waals surface area (Å²) in [5.41, 5.74) is 3.70. The number of nitrogens with zero attached hydrogens (tertiary/aromatic N) is 1. The van der Waals surface area contributed by atoms with E-state index in [4.69, 9.17) is 12.2 Å². The summed E-state index contributed by atoms with van der Waals surface area (Å²) in [5.74, 6) is 0.620. The molecule has 0 aliphatic carbocycles. The number of nitrogens with one attached hydrogen (secondary N) is 2. The maximum atomic E-state index is 12.2. The van der Waals surface area contributed by atoms with Gasteiger partial charge in [-0.15, -0.1) is 11.3 Å². The molecule has 0 fully saturated rings. The largest absolute Gasteiger partial charge is 0.355 e. The number of rotatable bonds is 5. The number of amides is 1. The Labute approximate surface area is 166 Å². The Morgan fingerprint density at radius 1 is 1.23 bits per heavy atom. The fourth-order valence-electron chi connectivity index (χ4n) is 2.43. The molecule has 0 aliphatic rings. The molecule has 4 nitrogen and oxygen atoms in total. The summed E-state index contributed by atoms with van der Waals surface area (Å²) in [6, 6.07) is 15.8. The van der Waals surface area contributed by atoms with E-state index < -0.39 is 0 Å². The third kappa shape index (κ3) is 4.69. The Morgan fingerprint density at radius 3 is 2.73 bits per heavy atom. The van der Waals surface area contributed by atoms with Crippen LogP contribution in [0.3, 0.4) is 0 Å². The Kier molecular flexibility index (Phi) is 6.38. The molecular formula is C19H17N3OS3. The normalized spacial score (nSPS) is 10.3. The van der Waals surface area contributed by atoms with Crippen molar-refractivity contribution >= 4 is 50.7 Å². The molecule has 0 saturated carbocycles. The molecule has 1 heterocycles. The molecule has 26 heavy (non-hydrogen) atoms. The number of anilines is 1. The highest BCUT2D eigenvalue weighted by atomic mass is 32.2. The van der Waals surface area contributed by atoms with Crippen LogP contribution < -0.4 is 10.6 Å². The molecule has 0 spiro atoms. The van der Waals surface area contributed by atoms with Crippen molar-refractivity contribution in [1.82, 2.24) is 10.3 Å². The molecular weight excluding hydrogens is 382 g/mol. The van der Waals surface area contributed by atoms with Gasteiger partial charge in [-0.3, -0.25) is 4.79 Å². The molecule has 7 heteroatoms. The van der Waals surface area contributed by atoms with Crippen LogP contribution in [0.4, 0.5) is 5.13 Å². The van der Waals surface area contributed by atoms with Gasteiger partial charge < -0.3 is 10.6 Å². The molecule has 0 unspecified atom stereocenters. The highest BCUT2D eigenvalue weighted by Gasteiger charge is 2.13. The maximum absolute atomic E-state index is 12.2. The van der Waals surface area contributed by atoms with Crippen LogP contribution in [0, 0.1) is 0 Å². The average Bonchev–Trinajstić information content (AvgIpc) is 3.19. The highest BCUT2D eigenvalue weighted by molar-refractivity contribution is 8.22. The van der Waals surface area contributed by atoms with Gasteiger partial charge in [0, 0.05) is 29.9 Å². The monoisotopic (exact) mass is 399 g/mol. The first-order valence-corrected chi connectivity index (χ1v) is 10.2. The van der Waals surface area contributed by atoms with E-state index >= 15 is 0 Å². The zero-order valence-corrected chi connectivity index (χ0v) is 16.5. The van der Waals surface area contributed by atoms with E-state index in [2.05, 4.69) is 21.7 Å². The Balaban J connectivity index is 1.78. The lowest BCUT2D eigenvalue weighted by atomic mass is 9.97. The summed E-state index contributed by atoms with van der Waals surface area (Å²) in [5, 5.41) is 8.52. The first-order valence-electron chi connectivity index (χ1n) is 7.91. The predicted octanol–water partition coefficient (Wildman–Crippen LogP) is 4.80. The molecule has 0 bridgehead atoms. The lowest BCUT2D eigenvalue weighted by molar-refractivity contribution is 0.0963. The second-order valence-electron chi connectivity index (χ2n) is 5.36. The number of thioether (sulfide) groups is 1. The molecule has 3 rings (SSSR count). The van der Waals surface area contributed by atoms with Gasteiger partial charge in [0.1, 0.15) is 4.32 Å². The van der Waals surface area contributed by atoms with Gasteiger partial charge in [-0.1, -0.05) is 60.4 Å². The topological polar surface area (TPSA) is 54.0 Å². The van der Waals surface area contributed by atoms with E-state index in [-0.39, 0.29) is 5.91 Å². The number of benzene rings is 2. The number of hydrogen-bond acceptors (Lipinski definition) is 5. The van der Waals surface area contributed by atoms with Gasteiger partial charge in [0.05, 0.1) is 0 Å². The van der Waals surface area contributed by atoms with Crippen LogP contribution in [0.25, 0.3) is 11.1 Å². The van der Waals surface area contributed by atoms with E-state index in [1.165, 1.54) is 23.1 Å². The van der Waals surface area contributed by atoms with Gasteiger partial charge in [-0.25, -0.2) is 4.98 Å². The molecule has 0 atom stereocenters. The number of aromatic nitrogens is 1. The summed E-state index contributed by atoms with van der Waals surface area (Å²) >= 11 is 8.42. The standard InChI is InChI=1S/C19H17N3OS3/c1-20-17(23)15-8-7-13(11-16(15)14-5-3-2-4-6-14)12-26-19(24)22-18-21-9-10-25-18/h2-11H,12H2,1H3,(H,20,23)(H,21,22,24). The van der Waals surface area contributed by atoms with E-state index in [1.54, 1.807) is 13.2 Å². The van der Waals surface area contributed by atoms with Crippen LogP contribution in [-0.2, 0) is 5.75 Å². The zero-order chi connectivity index (χ0) is 18.4. The van der Waals surface area contributed by atoms with Gasteiger partial charge in [0.2, 0.25) is 0 Å². The Morgan fingerprint density at radius 2 is 2.04 bits per heavy atom. The van der Waals surface area contributed by atoms with E-state index in [1.807, 2.05) is 47.8 Å². The molecule has 2 N–H and O–H groups in total. The minimum absolute atomic E-state index is 0.0935. The minimum Gasteiger partial charge on any atom is -0.355 e. The Hall–Kier alpha value is -2.22. The molecule has 0 saturated heterocycles. The fraction of sp³-hybridized carbons (Fsp3) is 0.105. The molecule has 0 aliphatic heterocycles. The highest BCUT2D eigenvalue weighted by Crippen LogP contribution is 2.27. The van der Waals surface area contributed by atoms with Crippen molar-refractivity contribution in [1.29, 1.82) is 0 Å². The molecule has 2 aromatic carbocycles. The van der Waals surface area contributed by atoms with Gasteiger partial charge in [0.15, 0.2) is 5.13 Å². The van der Waals surface area contributed by atoms with Crippen LogP contribution in [0.15, 0.2) is 60.1 Å². The van der Waals surface area contributed by atoms with Crippen LogP contribution in [0.1, 0.15) is 15.9 Å². The van der Waals surface area contributed by atoms with Crippen molar-refractivity contribution in [2.45, 2.75) is 5.75 Å². The van der Waals surface area contributed by atoms with Crippen molar-refractivity contribution in [3.05, 3.63) is 71.2 Å². The van der Waals surface area contributed by atoms with Crippen molar-refractivity contribution in [3.63, 3.8) is 0 Å². The number of thiocarbonyl (C=S) groups is 1. The van der Waals surface area contributed by atoms with Crippen molar-refractivity contribution in [2.75, 3.05) is 12.4 Å². The lowest BCUT2D eigenvalue weighted by Gasteiger charge is -2.12. The van der Waals surface area contributed by atoms with Crippen LogP contribution in [0.5, 0.6) is 0 Å². The second-order valence-corrected chi connectivity index (χ2v) is 7.91. The van der Waals surface area contributed by atoms with Gasteiger partial charge >= 0.3 is 0 Å². The van der Waals surface area contributed by atoms with Crippen molar-refractivity contribution in [3.8, 4) is 11.1 Å². The predicted molar refractivity (Wildman–Crippen MR) is 115 cm³/mol. The number of hydrogen-bond donors (Lipinski definition) is 2. The summed E-state index contributed by atoms with van der Waals surface area (Å²) in [7, 11) is 1.64. The molecule has 3 aromatic rings. The Bertz CT molecular complexity index is 896. The molecule has 0 radical (unpaired) electrons. The quantitative estimate of drug-likeness (QED) is 0.604. The summed E-state index contributed by atoms with van der Waals surface area (Å²) < 4.78 is 0.677. The maximum Gasteiger partial charge on any atom is 0.251 e. The third-order valence-electron chi connectivity index (χ3n) is 3.65. The number of thiazole rings is 1. The third-order valence-corrected chi connectivity index (χ3v) is 5.64. The van der Waals surface area contributed by atoms with Crippen LogP contribution in [0.2, 0.25) is 0 Å². The van der Waals surface area contributed by atoms with Gasteiger partial charge in [0.25, 0.3) is 5.91 Å².